The molecule has 1 N–H and O–H groups in total. The second-order valence-electron chi connectivity index (χ2n) is 8.25. The fourth-order valence-corrected chi connectivity index (χ4v) is 3.80. The van der Waals surface area contributed by atoms with Gasteiger partial charge in [-0.2, -0.15) is 0 Å². The molecule has 0 bridgehead atoms. The minimum absolute atomic E-state index is 0.0149. The first-order valence-electron chi connectivity index (χ1n) is 9.83. The van der Waals surface area contributed by atoms with Crippen LogP contribution in [0.4, 0.5) is 4.39 Å². The zero-order valence-electron chi connectivity index (χ0n) is 16.5. The van der Waals surface area contributed by atoms with E-state index in [9.17, 15) is 9.18 Å². The molecule has 28 heavy (non-hydrogen) atoms. The first-order valence-corrected chi connectivity index (χ1v) is 9.83. The van der Waals surface area contributed by atoms with E-state index in [0.717, 1.165) is 42.5 Å². The number of carbonyl (C=O) groups excluding carboxylic acids is 1. The maximum atomic E-state index is 14.6. The zero-order valence-corrected chi connectivity index (χ0v) is 16.5. The van der Waals surface area contributed by atoms with Crippen molar-refractivity contribution in [3.8, 4) is 11.1 Å². The van der Waals surface area contributed by atoms with Gasteiger partial charge in [-0.25, -0.2) is 4.39 Å². The fourth-order valence-electron chi connectivity index (χ4n) is 3.80. The summed E-state index contributed by atoms with van der Waals surface area (Å²) in [4.78, 5) is 18.4. The predicted molar refractivity (Wildman–Crippen MR) is 108 cm³/mol. The van der Waals surface area contributed by atoms with E-state index in [4.69, 9.17) is 4.84 Å². The van der Waals surface area contributed by atoms with Crippen molar-refractivity contribution in [2.75, 3.05) is 0 Å². The second-order valence-corrected chi connectivity index (χ2v) is 8.25. The highest BCUT2D eigenvalue weighted by atomic mass is 19.1. The van der Waals surface area contributed by atoms with Gasteiger partial charge in [-0.1, -0.05) is 17.3 Å². The van der Waals surface area contributed by atoms with Crippen molar-refractivity contribution in [1.29, 1.82) is 0 Å². The van der Waals surface area contributed by atoms with Crippen LogP contribution in [0.25, 0.3) is 11.1 Å². The fraction of sp³-hybridized carbons (Fsp3) is 0.391. The van der Waals surface area contributed by atoms with Gasteiger partial charge in [0, 0.05) is 29.2 Å². The van der Waals surface area contributed by atoms with Crippen molar-refractivity contribution in [2.45, 2.75) is 58.1 Å². The molecule has 1 saturated carbocycles. The molecule has 1 aliphatic carbocycles. The van der Waals surface area contributed by atoms with E-state index in [0.29, 0.717) is 16.7 Å². The summed E-state index contributed by atoms with van der Waals surface area (Å²) in [5, 5.41) is 7.22. The first kappa shape index (κ1) is 18.7. The van der Waals surface area contributed by atoms with Gasteiger partial charge in [0.1, 0.15) is 11.4 Å². The van der Waals surface area contributed by atoms with Gasteiger partial charge in [0.25, 0.3) is 5.91 Å². The Bertz CT molecular complexity index is 961. The minimum atomic E-state index is -0.299. The molecule has 0 saturated heterocycles. The number of hydrogen-bond acceptors (Lipinski definition) is 3. The van der Waals surface area contributed by atoms with Crippen LogP contribution in [-0.4, -0.2) is 23.3 Å². The Hall–Kier alpha value is -2.69. The lowest BCUT2D eigenvalue weighted by Gasteiger charge is -2.34. The molecule has 2 aromatic carbocycles. The number of aryl methyl sites for hydroxylation is 1. The lowest BCUT2D eigenvalue weighted by Crippen LogP contribution is -2.37. The van der Waals surface area contributed by atoms with Crippen molar-refractivity contribution >= 4 is 11.6 Å². The number of nitrogens with zero attached hydrogens (tertiary/aromatic N) is 1. The number of halogens is 1. The number of amides is 1. The molecule has 0 aromatic heterocycles. The van der Waals surface area contributed by atoms with Crippen molar-refractivity contribution in [3.05, 3.63) is 58.9 Å². The van der Waals surface area contributed by atoms with Gasteiger partial charge in [0.05, 0.1) is 5.71 Å². The molecular weight excluding hydrogens is 355 g/mol. The largest absolute Gasteiger partial charge is 0.389 e. The summed E-state index contributed by atoms with van der Waals surface area (Å²) in [6.07, 6.45) is 3.90. The third kappa shape index (κ3) is 3.53. The molecule has 4 nitrogen and oxygen atoms in total. The molecule has 2 aromatic rings. The molecule has 1 fully saturated rings. The summed E-state index contributed by atoms with van der Waals surface area (Å²) in [5.74, 6) is -0.476. The van der Waals surface area contributed by atoms with Gasteiger partial charge < -0.3 is 10.2 Å². The third-order valence-corrected chi connectivity index (χ3v) is 5.49. The van der Waals surface area contributed by atoms with Gasteiger partial charge in [0.2, 0.25) is 0 Å². The molecule has 0 radical (unpaired) electrons. The normalized spacial score (nSPS) is 17.2. The van der Waals surface area contributed by atoms with Crippen molar-refractivity contribution in [3.63, 3.8) is 0 Å². The smallest absolute Gasteiger partial charge is 0.251 e. The Labute approximate surface area is 164 Å². The molecule has 1 spiro atoms. The Kier molecular flexibility index (Phi) is 4.69. The van der Waals surface area contributed by atoms with E-state index >= 15 is 0 Å². The number of oxime groups is 1. The van der Waals surface area contributed by atoms with Gasteiger partial charge in [0.15, 0.2) is 0 Å². The maximum absolute atomic E-state index is 14.6. The summed E-state index contributed by atoms with van der Waals surface area (Å²) in [7, 11) is 0. The second kappa shape index (κ2) is 7.04. The van der Waals surface area contributed by atoms with Crippen LogP contribution < -0.4 is 5.32 Å². The zero-order chi connectivity index (χ0) is 19.9. The van der Waals surface area contributed by atoms with Gasteiger partial charge in [-0.3, -0.25) is 4.79 Å². The average Bonchev–Trinajstić information content (AvgIpc) is 3.07. The lowest BCUT2D eigenvalue weighted by atomic mass is 9.76. The van der Waals surface area contributed by atoms with Crippen molar-refractivity contribution in [1.82, 2.24) is 5.32 Å². The molecule has 0 atom stereocenters. The molecule has 1 amide bonds. The Balaban J connectivity index is 1.76. The maximum Gasteiger partial charge on any atom is 0.251 e. The number of hydrogen-bond donors (Lipinski definition) is 1. The quantitative estimate of drug-likeness (QED) is 0.813. The highest BCUT2D eigenvalue weighted by Crippen LogP contribution is 2.43. The number of rotatable bonds is 4. The van der Waals surface area contributed by atoms with E-state index in [2.05, 4.69) is 10.5 Å². The van der Waals surface area contributed by atoms with Crippen LogP contribution >= 0.6 is 0 Å². The minimum Gasteiger partial charge on any atom is -0.389 e. The van der Waals surface area contributed by atoms with E-state index in [-0.39, 0.29) is 23.4 Å². The number of benzene rings is 2. The van der Waals surface area contributed by atoms with Crippen LogP contribution in [0.1, 0.15) is 61.0 Å². The third-order valence-electron chi connectivity index (χ3n) is 5.49. The summed E-state index contributed by atoms with van der Waals surface area (Å²) in [5.41, 5.74) is 3.97. The summed E-state index contributed by atoms with van der Waals surface area (Å²) in [6.45, 7) is 5.68. The average molecular weight is 380 g/mol. The Morgan fingerprint density at radius 3 is 2.54 bits per heavy atom. The summed E-state index contributed by atoms with van der Waals surface area (Å²) in [6, 6.07) is 10.6. The molecule has 1 aliphatic heterocycles. The highest BCUT2D eigenvalue weighted by Gasteiger charge is 2.45. The van der Waals surface area contributed by atoms with Crippen LogP contribution in [-0.2, 0) is 4.84 Å². The Morgan fingerprint density at radius 2 is 1.93 bits per heavy atom. The number of carbonyl (C=O) groups is 1. The van der Waals surface area contributed by atoms with Crippen LogP contribution in [0.2, 0.25) is 0 Å². The topological polar surface area (TPSA) is 50.7 Å². The van der Waals surface area contributed by atoms with E-state index < -0.39 is 0 Å². The van der Waals surface area contributed by atoms with Gasteiger partial charge in [-0.15, -0.1) is 0 Å². The molecule has 1 heterocycles. The molecule has 5 heteroatoms. The lowest BCUT2D eigenvalue weighted by molar-refractivity contribution is -0.0755. The molecule has 4 rings (SSSR count). The standard InChI is InChI=1S/C23H25FN2O2/c1-14(2)25-22(27)18-11-16(19-6-5-15(3)9-20(19)24)10-17(12-18)21-13-23(28-26-21)7-4-8-23/h5-6,9-12,14H,4,7-8,13H2,1-3H3,(H,25,27). The Morgan fingerprint density at radius 1 is 1.18 bits per heavy atom. The van der Waals surface area contributed by atoms with Gasteiger partial charge >= 0.3 is 0 Å². The van der Waals surface area contributed by atoms with E-state index in [1.54, 1.807) is 12.1 Å². The van der Waals surface area contributed by atoms with Crippen LogP contribution in [0.3, 0.4) is 0 Å². The van der Waals surface area contributed by atoms with Crippen molar-refractivity contribution in [2.24, 2.45) is 5.16 Å². The summed E-state index contributed by atoms with van der Waals surface area (Å²) >= 11 is 0. The van der Waals surface area contributed by atoms with Gasteiger partial charge in [-0.05, 0) is 75.4 Å². The van der Waals surface area contributed by atoms with Crippen LogP contribution in [0.5, 0.6) is 0 Å². The van der Waals surface area contributed by atoms with Crippen LogP contribution in [0.15, 0.2) is 41.6 Å². The highest BCUT2D eigenvalue weighted by molar-refractivity contribution is 6.05. The number of nitrogens with one attached hydrogen (secondary N) is 1. The van der Waals surface area contributed by atoms with Crippen molar-refractivity contribution < 1.29 is 14.0 Å². The predicted octanol–water partition coefficient (Wildman–Crippen LogP) is 4.99. The monoisotopic (exact) mass is 380 g/mol. The van der Waals surface area contributed by atoms with E-state index in [1.165, 1.54) is 6.07 Å². The molecule has 0 unspecified atom stereocenters. The molecular formula is C23H25FN2O2. The van der Waals surface area contributed by atoms with E-state index in [1.807, 2.05) is 39.0 Å². The van der Waals surface area contributed by atoms with Crippen LogP contribution in [0, 0.1) is 12.7 Å². The first-order chi connectivity index (χ1) is 13.3. The molecule has 2 aliphatic rings. The molecule has 146 valence electrons. The SMILES string of the molecule is Cc1ccc(-c2cc(C(=O)NC(C)C)cc(C3=NOC4(CCC4)C3)c2)c(F)c1. The summed E-state index contributed by atoms with van der Waals surface area (Å²) < 4.78 is 14.6.